The minimum absolute atomic E-state index is 0.110. The van der Waals surface area contributed by atoms with E-state index < -0.39 is 0 Å². The molecule has 5 aromatic carbocycles. The van der Waals surface area contributed by atoms with Gasteiger partial charge >= 0.3 is 0 Å². The molecule has 4 heteroatoms. The van der Waals surface area contributed by atoms with Gasteiger partial charge in [0.2, 0.25) is 0 Å². The molecule has 0 aromatic heterocycles. The highest BCUT2D eigenvalue weighted by Crippen LogP contribution is 2.48. The molecule has 68 heavy (non-hydrogen) atoms. The van der Waals surface area contributed by atoms with Crippen LogP contribution in [0.3, 0.4) is 0 Å². The third-order valence-corrected chi connectivity index (χ3v) is 14.2. The van der Waals surface area contributed by atoms with E-state index in [1.54, 1.807) is 0 Å². The molecule has 8 N–H and O–H groups in total. The van der Waals surface area contributed by atoms with Crippen molar-refractivity contribution < 1.29 is 0 Å². The Morgan fingerprint density at radius 2 is 0.338 bits per heavy atom. The van der Waals surface area contributed by atoms with E-state index in [1.165, 1.54) is 77.9 Å². The number of benzene rings is 5. The van der Waals surface area contributed by atoms with Crippen molar-refractivity contribution in [2.45, 2.75) is 221 Å². The number of hydrogen-bond acceptors (Lipinski definition) is 4. The van der Waals surface area contributed by atoms with Crippen LogP contribution in [0, 0.1) is 0 Å². The van der Waals surface area contributed by atoms with Crippen molar-refractivity contribution >= 4 is 22.7 Å². The Bertz CT molecular complexity index is 2160. The highest BCUT2D eigenvalue weighted by atomic mass is 14.6. The zero-order valence-electron chi connectivity index (χ0n) is 47.4. The van der Waals surface area contributed by atoms with E-state index in [2.05, 4.69) is 239 Å². The zero-order chi connectivity index (χ0) is 52.0. The van der Waals surface area contributed by atoms with E-state index in [9.17, 15) is 0 Å². The average molecular weight is 919 g/mol. The summed E-state index contributed by atoms with van der Waals surface area (Å²) in [7, 11) is 0. The van der Waals surface area contributed by atoms with Crippen LogP contribution in [0.4, 0.5) is 22.7 Å². The van der Waals surface area contributed by atoms with Gasteiger partial charge in [0.1, 0.15) is 0 Å². The summed E-state index contributed by atoms with van der Waals surface area (Å²) >= 11 is 0. The van der Waals surface area contributed by atoms with Gasteiger partial charge in [-0.25, -0.2) is 0 Å². The second-order valence-corrected chi connectivity index (χ2v) is 28.7. The molecule has 0 saturated heterocycles. The summed E-state index contributed by atoms with van der Waals surface area (Å²) in [6, 6.07) is 28.7. The highest BCUT2D eigenvalue weighted by molar-refractivity contribution is 5.68. The lowest BCUT2D eigenvalue weighted by Gasteiger charge is -2.34. The summed E-state index contributed by atoms with van der Waals surface area (Å²) in [4.78, 5) is 0. The van der Waals surface area contributed by atoms with Crippen molar-refractivity contribution in [1.29, 1.82) is 0 Å². The lowest BCUT2D eigenvalue weighted by molar-refractivity contribution is 0.567. The smallest absolute Gasteiger partial charge is 0.0390 e. The second kappa shape index (κ2) is 17.6. The summed E-state index contributed by atoms with van der Waals surface area (Å²) in [6.45, 7) is 54.6. The Morgan fingerprint density at radius 3 is 0.441 bits per heavy atom. The number of rotatable bonds is 6. The molecule has 5 rings (SSSR count). The first-order chi connectivity index (χ1) is 30.5. The lowest BCUT2D eigenvalue weighted by atomic mass is 9.71. The van der Waals surface area contributed by atoms with Crippen LogP contribution in [-0.2, 0) is 43.3 Å². The van der Waals surface area contributed by atoms with Gasteiger partial charge < -0.3 is 22.9 Å². The van der Waals surface area contributed by atoms with Crippen LogP contribution in [-0.4, -0.2) is 0 Å². The molecule has 4 nitrogen and oxygen atoms in total. The predicted octanol–water partition coefficient (Wildman–Crippen LogP) is 16.8. The van der Waals surface area contributed by atoms with Gasteiger partial charge in [-0.15, -0.1) is 0 Å². The first kappa shape index (κ1) is 54.2. The van der Waals surface area contributed by atoms with Gasteiger partial charge in [0.15, 0.2) is 0 Å². The maximum Gasteiger partial charge on any atom is 0.0390 e. The van der Waals surface area contributed by atoms with Crippen molar-refractivity contribution in [2.24, 2.45) is 0 Å². The topological polar surface area (TPSA) is 104 Å². The van der Waals surface area contributed by atoms with Crippen molar-refractivity contribution in [3.05, 3.63) is 151 Å². The van der Waals surface area contributed by atoms with Crippen molar-refractivity contribution in [3.8, 4) is 0 Å². The fraction of sp³-hybridized carbons (Fsp3) is 0.531. The summed E-state index contributed by atoms with van der Waals surface area (Å²) in [5.41, 5.74) is 47.6. The molecule has 0 aliphatic carbocycles. The first-order valence-corrected chi connectivity index (χ1v) is 25.3. The van der Waals surface area contributed by atoms with Crippen LogP contribution in [0.15, 0.2) is 72.8 Å². The standard InChI is InChI=1S/C64H94N4/c1-57(2,3)43-29-39(30-44(53(43)65)58(4,5)6)51(40-31-45(59(7,8)9)54(66)46(32-40)60(10,11)12)37-25-27-38(28-26-37)52(41-33-47(61(13,14)15)55(67)48(34-41)62(16,17)18)42-35-49(63(19,20)21)56(68)50(36-42)64(22,23)24/h25-36,51-52H,65-68H2,1-24H3. The number of nitrogen functional groups attached to an aromatic ring is 4. The van der Waals surface area contributed by atoms with Crippen molar-refractivity contribution in [2.75, 3.05) is 22.9 Å². The summed E-state index contributed by atoms with van der Waals surface area (Å²) in [6.07, 6.45) is 0. The molecule has 0 bridgehead atoms. The quantitative estimate of drug-likeness (QED) is 0.101. The molecule has 0 radical (unpaired) electrons. The molecule has 0 amide bonds. The van der Waals surface area contributed by atoms with Gasteiger partial charge in [-0.1, -0.05) is 239 Å². The van der Waals surface area contributed by atoms with E-state index in [4.69, 9.17) is 22.9 Å². The molecule has 0 atom stereocenters. The highest BCUT2D eigenvalue weighted by Gasteiger charge is 2.34. The first-order valence-electron chi connectivity index (χ1n) is 25.3. The van der Waals surface area contributed by atoms with Gasteiger partial charge in [0.25, 0.3) is 0 Å². The van der Waals surface area contributed by atoms with E-state index >= 15 is 0 Å². The Labute approximate surface area is 415 Å². The molecule has 5 aromatic rings. The monoisotopic (exact) mass is 919 g/mol. The molecule has 0 aliphatic rings. The van der Waals surface area contributed by atoms with Gasteiger partial charge in [-0.3, -0.25) is 0 Å². The summed E-state index contributed by atoms with van der Waals surface area (Å²) in [5.74, 6) is -0.220. The molecular formula is C64H94N4. The average Bonchev–Trinajstić information content (AvgIpc) is 3.14. The molecule has 0 heterocycles. The van der Waals surface area contributed by atoms with Crippen LogP contribution >= 0.6 is 0 Å². The van der Waals surface area contributed by atoms with Crippen LogP contribution in [0.25, 0.3) is 0 Å². The Hall–Kier alpha value is -4.70. The SMILES string of the molecule is CC(C)(C)c1cc(C(c2ccc(C(c3cc(C(C)(C)C)c(N)c(C(C)(C)C)c3)c3cc(C(C)(C)C)c(N)c(C(C)(C)C)c3)cc2)c2cc(C(C)(C)C)c(N)c(C(C)(C)C)c2)cc(C(C)(C)C)c1N. The van der Waals surface area contributed by atoms with Crippen molar-refractivity contribution in [3.63, 3.8) is 0 Å². The van der Waals surface area contributed by atoms with Gasteiger partial charge in [0, 0.05) is 34.6 Å². The molecule has 0 fully saturated rings. The summed E-state index contributed by atoms with van der Waals surface area (Å²) in [5, 5.41) is 0. The largest absolute Gasteiger partial charge is 0.398 e. The van der Waals surface area contributed by atoms with Crippen LogP contribution in [0.5, 0.6) is 0 Å². The van der Waals surface area contributed by atoms with Crippen LogP contribution in [0.1, 0.15) is 256 Å². The number of hydrogen-bond donors (Lipinski definition) is 4. The van der Waals surface area contributed by atoms with E-state index in [1.807, 2.05) is 0 Å². The Morgan fingerprint density at radius 1 is 0.221 bits per heavy atom. The van der Waals surface area contributed by atoms with Gasteiger partial charge in [-0.05, 0) is 121 Å². The Balaban J connectivity index is 1.98. The fourth-order valence-corrected chi connectivity index (χ4v) is 10.4. The van der Waals surface area contributed by atoms with Crippen molar-refractivity contribution in [1.82, 2.24) is 0 Å². The minimum atomic E-state index is -0.177. The van der Waals surface area contributed by atoms with Crippen LogP contribution < -0.4 is 22.9 Å². The molecular weight excluding hydrogens is 825 g/mol. The molecule has 0 spiro atoms. The molecule has 0 saturated carbocycles. The number of nitrogens with two attached hydrogens (primary N) is 4. The van der Waals surface area contributed by atoms with Gasteiger partial charge in [-0.2, -0.15) is 0 Å². The van der Waals surface area contributed by atoms with Gasteiger partial charge in [0.05, 0.1) is 0 Å². The Kier molecular flexibility index (Phi) is 14.0. The predicted molar refractivity (Wildman–Crippen MR) is 301 cm³/mol. The zero-order valence-corrected chi connectivity index (χ0v) is 47.4. The maximum absolute atomic E-state index is 7.18. The molecule has 370 valence electrons. The lowest BCUT2D eigenvalue weighted by Crippen LogP contribution is -2.23. The van der Waals surface area contributed by atoms with E-state index in [0.717, 1.165) is 22.7 Å². The number of anilines is 4. The molecule has 0 aliphatic heterocycles. The normalized spacial score (nSPS) is 13.8. The maximum atomic E-state index is 7.18. The minimum Gasteiger partial charge on any atom is -0.398 e. The van der Waals surface area contributed by atoms with E-state index in [-0.39, 0.29) is 55.2 Å². The summed E-state index contributed by atoms with van der Waals surface area (Å²) < 4.78 is 0. The second-order valence-electron chi connectivity index (χ2n) is 28.7. The third kappa shape index (κ3) is 11.2. The van der Waals surface area contributed by atoms with Crippen LogP contribution in [0.2, 0.25) is 0 Å². The third-order valence-electron chi connectivity index (χ3n) is 14.2. The molecule has 0 unspecified atom stereocenters. The van der Waals surface area contributed by atoms with E-state index in [0.29, 0.717) is 0 Å². The fourth-order valence-electron chi connectivity index (χ4n) is 10.4.